The lowest BCUT2D eigenvalue weighted by Crippen LogP contribution is -2.60. The summed E-state index contributed by atoms with van der Waals surface area (Å²) in [6.07, 6.45) is 1.34. The number of aliphatic hydroxyl groups is 1. The Morgan fingerprint density at radius 2 is 1.05 bits per heavy atom. The summed E-state index contributed by atoms with van der Waals surface area (Å²) in [5.41, 5.74) is 12.5. The van der Waals surface area contributed by atoms with Crippen LogP contribution in [0.3, 0.4) is 0 Å². The van der Waals surface area contributed by atoms with Crippen LogP contribution in [0.1, 0.15) is 86.6 Å². The lowest BCUT2D eigenvalue weighted by atomic mass is 9.98. The predicted octanol–water partition coefficient (Wildman–Crippen LogP) is -2.38. The van der Waals surface area contributed by atoms with Crippen LogP contribution in [0.2, 0.25) is 0 Å². The molecular weight excluding hydrogens is 849 g/mol. The maximum absolute atomic E-state index is 13.9. The molecule has 0 aromatic heterocycles. The Bertz CT molecular complexity index is 1760. The van der Waals surface area contributed by atoms with Gasteiger partial charge in [0, 0.05) is 0 Å². The van der Waals surface area contributed by atoms with Crippen LogP contribution in [0.5, 0.6) is 5.75 Å². The van der Waals surface area contributed by atoms with Gasteiger partial charge in [0.05, 0.1) is 25.7 Å². The van der Waals surface area contributed by atoms with Gasteiger partial charge in [0.15, 0.2) is 0 Å². The van der Waals surface area contributed by atoms with Gasteiger partial charge in [0.2, 0.25) is 47.3 Å². The summed E-state index contributed by atoms with van der Waals surface area (Å²) in [6, 6.07) is -2.24. The summed E-state index contributed by atoms with van der Waals surface area (Å²) in [7, 11) is 0. The molecule has 0 aliphatic heterocycles. The van der Waals surface area contributed by atoms with Crippen molar-refractivity contribution in [3.63, 3.8) is 0 Å². The van der Waals surface area contributed by atoms with Gasteiger partial charge in [-0.25, -0.2) is 4.79 Å². The minimum absolute atomic E-state index is 0.0536. The van der Waals surface area contributed by atoms with Crippen molar-refractivity contribution < 1.29 is 58.5 Å². The number of unbranched alkanes of at least 4 members (excludes halogenated alkanes) is 1. The number of phenols is 1. The van der Waals surface area contributed by atoms with E-state index in [0.29, 0.717) is 24.9 Å². The van der Waals surface area contributed by atoms with Crippen LogP contribution >= 0.6 is 0 Å². The van der Waals surface area contributed by atoms with Gasteiger partial charge >= 0.3 is 5.97 Å². The summed E-state index contributed by atoms with van der Waals surface area (Å²) in [4.78, 5) is 117. The standard InChI is InChI=1S/C43H72N10O12/c1-22(2)17-30(38(59)46-19-32(56)48-31(21-54)39(60)47-20-33(57)51-36(25(7)8)43(64)65)50-42(63)35(24(5)6)53-40(61)29(11-9-10-16-44)49-41(62)34(23(3)4)52-37(58)28(45)18-26-12-14-27(55)15-13-26/h12-15,22-25,28-31,34-36,54-55H,9-11,16-21,44-45H2,1-8H3,(H,46,59)(H,47,60)(H,48,56)(H,49,62)(H,50,63)(H,51,57)(H,52,58)(H,53,61)(H,64,65)/t28-,29-,30-,31-,34-,35-,36-/m0/s1. The van der Waals surface area contributed by atoms with Crippen molar-refractivity contribution >= 4 is 53.2 Å². The maximum atomic E-state index is 13.9. The Morgan fingerprint density at radius 1 is 0.569 bits per heavy atom. The van der Waals surface area contributed by atoms with E-state index < -0.39 is 133 Å². The van der Waals surface area contributed by atoms with Crippen molar-refractivity contribution in [2.75, 3.05) is 26.2 Å². The van der Waals surface area contributed by atoms with Crippen molar-refractivity contribution in [2.45, 2.75) is 130 Å². The lowest BCUT2D eigenvalue weighted by molar-refractivity contribution is -0.143. The van der Waals surface area contributed by atoms with Gasteiger partial charge in [-0.1, -0.05) is 67.5 Å². The number of hydrogen-bond donors (Lipinski definition) is 13. The van der Waals surface area contributed by atoms with E-state index in [1.807, 2.05) is 0 Å². The molecule has 7 atom stereocenters. The molecule has 8 amide bonds. The molecule has 0 bridgehead atoms. The highest BCUT2D eigenvalue weighted by Gasteiger charge is 2.34. The molecule has 0 spiro atoms. The van der Waals surface area contributed by atoms with E-state index in [9.17, 15) is 58.5 Å². The van der Waals surface area contributed by atoms with E-state index in [1.165, 1.54) is 12.1 Å². The molecule has 0 saturated heterocycles. The molecule has 65 heavy (non-hydrogen) atoms. The van der Waals surface area contributed by atoms with E-state index in [1.54, 1.807) is 67.5 Å². The molecule has 0 heterocycles. The third-order valence-corrected chi connectivity index (χ3v) is 10.1. The van der Waals surface area contributed by atoms with E-state index in [-0.39, 0.29) is 30.9 Å². The van der Waals surface area contributed by atoms with Crippen LogP contribution < -0.4 is 54.0 Å². The molecule has 0 saturated carbocycles. The zero-order valence-electron chi connectivity index (χ0n) is 38.7. The van der Waals surface area contributed by atoms with Crippen molar-refractivity contribution in [1.29, 1.82) is 0 Å². The van der Waals surface area contributed by atoms with Crippen LogP contribution in [0.25, 0.3) is 0 Å². The van der Waals surface area contributed by atoms with Crippen LogP contribution in [0.4, 0.5) is 0 Å². The second-order valence-corrected chi connectivity index (χ2v) is 17.3. The number of carboxylic acids is 1. The largest absolute Gasteiger partial charge is 0.508 e. The number of carbonyl (C=O) groups excluding carboxylic acids is 8. The number of aliphatic carboxylic acids is 1. The van der Waals surface area contributed by atoms with Crippen LogP contribution in [-0.4, -0.2) is 137 Å². The van der Waals surface area contributed by atoms with Crippen molar-refractivity contribution in [1.82, 2.24) is 42.5 Å². The molecule has 22 heteroatoms. The number of aliphatic hydroxyl groups excluding tert-OH is 1. The average molecular weight is 921 g/mol. The van der Waals surface area contributed by atoms with Gasteiger partial charge in [-0.15, -0.1) is 0 Å². The Kier molecular flexibility index (Phi) is 25.3. The molecular formula is C43H72N10O12. The molecule has 22 nitrogen and oxygen atoms in total. The first-order valence-electron chi connectivity index (χ1n) is 21.8. The van der Waals surface area contributed by atoms with Crippen molar-refractivity contribution in [3.8, 4) is 5.75 Å². The molecule has 1 rings (SSSR count). The SMILES string of the molecule is CC(C)C[C@H](NC(=O)[C@@H](NC(=O)[C@H](CCCCN)NC(=O)[C@@H](NC(=O)[C@@H](N)Cc1ccc(O)cc1)C(C)C)C(C)C)C(=O)NCC(=O)N[C@@H](CO)C(=O)NCC(=O)N[C@H](C(=O)O)C(C)C. The maximum Gasteiger partial charge on any atom is 0.326 e. The number of benzene rings is 1. The number of aromatic hydroxyl groups is 1. The summed E-state index contributed by atoms with van der Waals surface area (Å²) in [5.74, 6) is -8.89. The number of nitrogens with one attached hydrogen (secondary N) is 8. The molecule has 0 fully saturated rings. The third kappa shape index (κ3) is 21.1. The minimum atomic E-state index is -1.53. The normalized spacial score (nSPS) is 14.5. The lowest BCUT2D eigenvalue weighted by Gasteiger charge is -2.29. The Balaban J connectivity index is 3.03. The average Bonchev–Trinajstić information content (AvgIpc) is 3.23. The van der Waals surface area contributed by atoms with E-state index in [2.05, 4.69) is 42.5 Å². The second kappa shape index (κ2) is 28.8. The Hall–Kier alpha value is -5.87. The molecule has 366 valence electrons. The summed E-state index contributed by atoms with van der Waals surface area (Å²) < 4.78 is 0. The number of carbonyl (C=O) groups is 9. The van der Waals surface area contributed by atoms with Crippen molar-refractivity contribution in [2.24, 2.45) is 35.1 Å². The summed E-state index contributed by atoms with van der Waals surface area (Å²) in [5, 5.41) is 48.4. The highest BCUT2D eigenvalue weighted by Crippen LogP contribution is 2.13. The molecule has 0 radical (unpaired) electrons. The molecule has 1 aromatic carbocycles. The number of nitrogens with two attached hydrogens (primary N) is 2. The van der Waals surface area contributed by atoms with E-state index in [0.717, 1.165) is 0 Å². The highest BCUT2D eigenvalue weighted by atomic mass is 16.4. The Morgan fingerprint density at radius 3 is 1.51 bits per heavy atom. The van der Waals surface area contributed by atoms with Gasteiger partial charge < -0.3 is 69.3 Å². The van der Waals surface area contributed by atoms with Crippen LogP contribution in [0.15, 0.2) is 24.3 Å². The zero-order chi connectivity index (χ0) is 49.6. The van der Waals surface area contributed by atoms with Gasteiger partial charge in [-0.05, 0) is 80.0 Å². The Labute approximate surface area is 380 Å². The minimum Gasteiger partial charge on any atom is -0.508 e. The molecule has 0 aliphatic carbocycles. The summed E-state index contributed by atoms with van der Waals surface area (Å²) >= 11 is 0. The van der Waals surface area contributed by atoms with Gasteiger partial charge in [-0.2, -0.15) is 0 Å². The molecule has 1 aromatic rings. The fourth-order valence-electron chi connectivity index (χ4n) is 6.31. The topological polar surface area (TPSA) is 363 Å². The van der Waals surface area contributed by atoms with Crippen molar-refractivity contribution in [3.05, 3.63) is 29.8 Å². The number of hydrogen-bond acceptors (Lipinski definition) is 13. The molecule has 15 N–H and O–H groups in total. The number of amides is 8. The van der Waals surface area contributed by atoms with Gasteiger partial charge in [-0.3, -0.25) is 38.4 Å². The van der Waals surface area contributed by atoms with E-state index in [4.69, 9.17) is 11.5 Å². The summed E-state index contributed by atoms with van der Waals surface area (Å²) in [6.45, 7) is 11.6. The van der Waals surface area contributed by atoms with Gasteiger partial charge in [0.25, 0.3) is 0 Å². The van der Waals surface area contributed by atoms with E-state index >= 15 is 0 Å². The first-order chi connectivity index (χ1) is 30.4. The highest BCUT2D eigenvalue weighted by molar-refractivity contribution is 5.97. The zero-order valence-corrected chi connectivity index (χ0v) is 38.7. The second-order valence-electron chi connectivity index (χ2n) is 17.3. The monoisotopic (exact) mass is 921 g/mol. The first kappa shape index (κ1) is 57.1. The van der Waals surface area contributed by atoms with Gasteiger partial charge in [0.1, 0.15) is 42.0 Å². The predicted molar refractivity (Wildman–Crippen MR) is 239 cm³/mol. The van der Waals surface area contributed by atoms with Crippen LogP contribution in [0, 0.1) is 23.7 Å². The quantitative estimate of drug-likeness (QED) is 0.0374. The number of rotatable bonds is 29. The molecule has 0 aliphatic rings. The first-order valence-corrected chi connectivity index (χ1v) is 21.8. The molecule has 0 unspecified atom stereocenters. The third-order valence-electron chi connectivity index (χ3n) is 10.1. The number of phenolic OH excluding ortho intramolecular Hbond substituents is 1. The number of carboxylic acid groups (broad SMARTS) is 1. The van der Waals surface area contributed by atoms with Crippen LogP contribution in [-0.2, 0) is 49.6 Å². The fourth-order valence-corrected chi connectivity index (χ4v) is 6.31. The fraction of sp³-hybridized carbons (Fsp3) is 0.651. The smallest absolute Gasteiger partial charge is 0.326 e.